The minimum Gasteiger partial charge on any atom is -0.461 e. The van der Waals surface area contributed by atoms with Crippen LogP contribution in [0.2, 0.25) is 0 Å². The summed E-state index contributed by atoms with van der Waals surface area (Å²) < 4.78 is 17.1. The normalized spacial score (nSPS) is 13.0. The number of carbonyl (C=O) groups excluding carboxylic acids is 1. The van der Waals surface area contributed by atoms with Crippen molar-refractivity contribution in [1.82, 2.24) is 0 Å². The van der Waals surface area contributed by atoms with Gasteiger partial charge in [0.05, 0.1) is 6.26 Å². The Kier molecular flexibility index (Phi) is 1.85. The third-order valence-corrected chi connectivity index (χ3v) is 1.22. The predicted molar refractivity (Wildman–Crippen MR) is 33.6 cm³/mol. The van der Waals surface area contributed by atoms with Gasteiger partial charge in [0.15, 0.2) is 12.0 Å². The number of aldehydes is 1. The molecule has 2 nitrogen and oxygen atoms in total. The number of halogens is 1. The van der Waals surface area contributed by atoms with Gasteiger partial charge in [-0.15, -0.1) is 0 Å². The molecule has 0 amide bonds. The second kappa shape index (κ2) is 2.64. The summed E-state index contributed by atoms with van der Waals surface area (Å²) in [6.07, 6.45) is 0.720. The van der Waals surface area contributed by atoms with Crippen LogP contribution in [0.5, 0.6) is 0 Å². The van der Waals surface area contributed by atoms with E-state index in [2.05, 4.69) is 4.42 Å². The lowest BCUT2D eigenvalue weighted by Crippen LogP contribution is -1.78. The lowest BCUT2D eigenvalue weighted by Gasteiger charge is -1.90. The van der Waals surface area contributed by atoms with Crippen molar-refractivity contribution in [2.45, 2.75) is 13.1 Å². The Hall–Kier alpha value is -1.12. The molecular formula is C7H7FO2. The fraction of sp³-hybridized carbons (Fsp3) is 0.286. The van der Waals surface area contributed by atoms with Crippen LogP contribution >= 0.6 is 0 Å². The molecule has 1 heterocycles. The maximum Gasteiger partial charge on any atom is 0.185 e. The Balaban J connectivity index is 2.88. The monoisotopic (exact) mass is 142 g/mol. The molecule has 1 aromatic rings. The van der Waals surface area contributed by atoms with E-state index in [9.17, 15) is 9.18 Å². The molecule has 0 spiro atoms. The minimum atomic E-state index is -1.07. The molecule has 1 unspecified atom stereocenters. The van der Waals surface area contributed by atoms with Gasteiger partial charge in [-0.3, -0.25) is 4.79 Å². The van der Waals surface area contributed by atoms with E-state index in [-0.39, 0.29) is 5.76 Å². The van der Waals surface area contributed by atoms with E-state index in [1.165, 1.54) is 19.3 Å². The minimum absolute atomic E-state index is 0.166. The smallest absolute Gasteiger partial charge is 0.185 e. The molecular weight excluding hydrogens is 135 g/mol. The quantitative estimate of drug-likeness (QED) is 0.592. The molecule has 3 heteroatoms. The maximum absolute atomic E-state index is 12.4. The lowest BCUT2D eigenvalue weighted by molar-refractivity contribution is 0.110. The molecule has 0 aliphatic rings. The molecule has 0 fully saturated rings. The number of hydrogen-bond acceptors (Lipinski definition) is 2. The Morgan fingerprint density at radius 3 is 2.80 bits per heavy atom. The summed E-state index contributed by atoms with van der Waals surface area (Å²) in [6, 6.07) is 1.39. The van der Waals surface area contributed by atoms with Gasteiger partial charge >= 0.3 is 0 Å². The van der Waals surface area contributed by atoms with Gasteiger partial charge < -0.3 is 4.42 Å². The summed E-state index contributed by atoms with van der Waals surface area (Å²) in [4.78, 5) is 10.0. The van der Waals surface area contributed by atoms with Crippen LogP contribution in [-0.4, -0.2) is 6.29 Å². The number of hydrogen-bond donors (Lipinski definition) is 0. The highest BCUT2D eigenvalue weighted by Crippen LogP contribution is 2.17. The van der Waals surface area contributed by atoms with Gasteiger partial charge in [0.1, 0.15) is 6.17 Å². The number of alkyl halides is 1. The van der Waals surface area contributed by atoms with Crippen LogP contribution in [0.3, 0.4) is 0 Å². The van der Waals surface area contributed by atoms with Crippen molar-refractivity contribution in [2.24, 2.45) is 0 Å². The van der Waals surface area contributed by atoms with Gasteiger partial charge in [-0.25, -0.2) is 4.39 Å². The third kappa shape index (κ3) is 1.23. The highest BCUT2D eigenvalue weighted by molar-refractivity contribution is 5.70. The van der Waals surface area contributed by atoms with Crippen molar-refractivity contribution in [1.29, 1.82) is 0 Å². The highest BCUT2D eigenvalue weighted by Gasteiger charge is 2.06. The second-order valence-electron chi connectivity index (χ2n) is 2.02. The Labute approximate surface area is 57.6 Å². The first-order chi connectivity index (χ1) is 4.74. The first kappa shape index (κ1) is 6.99. The first-order valence-corrected chi connectivity index (χ1v) is 2.91. The molecule has 0 aliphatic heterocycles. The summed E-state index contributed by atoms with van der Waals surface area (Å²) in [5.41, 5.74) is 0.405. The number of carbonyl (C=O) groups is 1. The van der Waals surface area contributed by atoms with Crippen molar-refractivity contribution in [3.8, 4) is 0 Å². The molecule has 0 saturated heterocycles. The molecule has 1 rings (SSSR count). The van der Waals surface area contributed by atoms with Gasteiger partial charge in [0.2, 0.25) is 0 Å². The van der Waals surface area contributed by atoms with Crippen LogP contribution in [0.15, 0.2) is 16.7 Å². The molecule has 0 radical (unpaired) electrons. The van der Waals surface area contributed by atoms with E-state index in [1.54, 1.807) is 0 Å². The molecule has 0 aliphatic carbocycles. The fourth-order valence-corrected chi connectivity index (χ4v) is 0.639. The van der Waals surface area contributed by atoms with Crippen molar-refractivity contribution in [3.05, 3.63) is 23.7 Å². The molecule has 1 aromatic heterocycles. The van der Waals surface area contributed by atoms with Crippen LogP contribution in [0.4, 0.5) is 4.39 Å². The van der Waals surface area contributed by atoms with Crippen LogP contribution < -0.4 is 0 Å². The molecule has 0 N–H and O–H groups in total. The van der Waals surface area contributed by atoms with E-state index in [1.807, 2.05) is 0 Å². The Morgan fingerprint density at radius 1 is 1.80 bits per heavy atom. The van der Waals surface area contributed by atoms with Gasteiger partial charge in [0.25, 0.3) is 0 Å². The summed E-state index contributed by atoms with van der Waals surface area (Å²) >= 11 is 0. The summed E-state index contributed by atoms with van der Waals surface area (Å²) in [5.74, 6) is 0.166. The fourth-order valence-electron chi connectivity index (χ4n) is 0.639. The standard InChI is InChI=1S/C7H7FO2/c1-5(8)6-2-7(3-9)10-4-6/h2-5H,1H3. The van der Waals surface area contributed by atoms with Crippen molar-refractivity contribution >= 4 is 6.29 Å². The molecule has 10 heavy (non-hydrogen) atoms. The Morgan fingerprint density at radius 2 is 2.50 bits per heavy atom. The van der Waals surface area contributed by atoms with E-state index in [4.69, 9.17) is 0 Å². The second-order valence-corrected chi connectivity index (χ2v) is 2.02. The van der Waals surface area contributed by atoms with Gasteiger partial charge in [-0.05, 0) is 13.0 Å². The van der Waals surface area contributed by atoms with Gasteiger partial charge in [-0.1, -0.05) is 0 Å². The molecule has 0 saturated carbocycles. The Bertz CT molecular complexity index is 227. The van der Waals surface area contributed by atoms with Crippen LogP contribution in [0, 0.1) is 0 Å². The zero-order valence-electron chi connectivity index (χ0n) is 5.50. The summed E-state index contributed by atoms with van der Waals surface area (Å²) in [6.45, 7) is 1.39. The highest BCUT2D eigenvalue weighted by atomic mass is 19.1. The lowest BCUT2D eigenvalue weighted by atomic mass is 10.2. The largest absolute Gasteiger partial charge is 0.461 e. The molecule has 1 atom stereocenters. The summed E-state index contributed by atoms with van der Waals surface area (Å²) in [7, 11) is 0. The van der Waals surface area contributed by atoms with E-state index in [0.29, 0.717) is 11.8 Å². The van der Waals surface area contributed by atoms with Crippen molar-refractivity contribution in [3.63, 3.8) is 0 Å². The van der Waals surface area contributed by atoms with Gasteiger partial charge in [0, 0.05) is 5.56 Å². The van der Waals surface area contributed by atoms with Crippen LogP contribution in [0.25, 0.3) is 0 Å². The zero-order chi connectivity index (χ0) is 7.56. The van der Waals surface area contributed by atoms with E-state index < -0.39 is 6.17 Å². The summed E-state index contributed by atoms with van der Waals surface area (Å²) in [5, 5.41) is 0. The van der Waals surface area contributed by atoms with Crippen molar-refractivity contribution < 1.29 is 13.6 Å². The molecule has 54 valence electrons. The van der Waals surface area contributed by atoms with Crippen LogP contribution in [-0.2, 0) is 0 Å². The first-order valence-electron chi connectivity index (χ1n) is 2.91. The number of rotatable bonds is 2. The van der Waals surface area contributed by atoms with Crippen LogP contribution in [0.1, 0.15) is 29.2 Å². The number of furan rings is 1. The van der Waals surface area contributed by atoms with E-state index in [0.717, 1.165) is 0 Å². The topological polar surface area (TPSA) is 30.2 Å². The third-order valence-electron chi connectivity index (χ3n) is 1.22. The maximum atomic E-state index is 12.4. The average molecular weight is 142 g/mol. The zero-order valence-corrected chi connectivity index (χ0v) is 5.50. The predicted octanol–water partition coefficient (Wildman–Crippen LogP) is 2.12. The van der Waals surface area contributed by atoms with Crippen molar-refractivity contribution in [2.75, 3.05) is 0 Å². The molecule has 0 bridgehead atoms. The average Bonchev–Trinajstić information content (AvgIpc) is 2.34. The van der Waals surface area contributed by atoms with E-state index >= 15 is 0 Å². The molecule has 0 aromatic carbocycles. The van der Waals surface area contributed by atoms with Gasteiger partial charge in [-0.2, -0.15) is 0 Å². The SMILES string of the molecule is CC(F)c1coc(C=O)c1.